The summed E-state index contributed by atoms with van der Waals surface area (Å²) in [6.45, 7) is -0.139. The lowest BCUT2D eigenvalue weighted by molar-refractivity contribution is -0.127. The van der Waals surface area contributed by atoms with Crippen molar-refractivity contribution in [1.82, 2.24) is 10.2 Å². The molecule has 0 aromatic heterocycles. The molecule has 0 spiro atoms. The number of carbonyl (C=O) groups excluding carboxylic acids is 2. The van der Waals surface area contributed by atoms with Crippen LogP contribution in [0.5, 0.6) is 0 Å². The average Bonchev–Trinajstić information content (AvgIpc) is 2.35. The second-order valence-corrected chi connectivity index (χ2v) is 4.50. The third kappa shape index (κ3) is 4.43. The van der Waals surface area contributed by atoms with Gasteiger partial charge in [0.25, 0.3) is 0 Å². The highest BCUT2D eigenvalue weighted by molar-refractivity contribution is 6.33. The van der Waals surface area contributed by atoms with E-state index in [1.807, 2.05) is 0 Å². The van der Waals surface area contributed by atoms with Crippen LogP contribution in [0.25, 0.3) is 0 Å². The Hall–Kier alpha value is -2.28. The first-order valence-corrected chi connectivity index (χ1v) is 5.97. The summed E-state index contributed by atoms with van der Waals surface area (Å²) in [7, 11) is 3.15. The van der Waals surface area contributed by atoms with Gasteiger partial charge in [-0.05, 0) is 18.2 Å². The number of aromatic carboxylic acids is 1. The third-order valence-corrected chi connectivity index (χ3v) is 2.67. The summed E-state index contributed by atoms with van der Waals surface area (Å²) in [6.07, 6.45) is 0. The summed E-state index contributed by atoms with van der Waals surface area (Å²) < 4.78 is 0. The van der Waals surface area contributed by atoms with E-state index in [-0.39, 0.29) is 23.0 Å². The van der Waals surface area contributed by atoms with Crippen molar-refractivity contribution >= 4 is 35.2 Å². The normalized spacial score (nSPS) is 9.75. The van der Waals surface area contributed by atoms with E-state index < -0.39 is 12.0 Å². The average molecular weight is 300 g/mol. The molecular formula is C12H14ClN3O4. The molecule has 1 rings (SSSR count). The first-order chi connectivity index (χ1) is 9.31. The molecule has 0 saturated carbocycles. The van der Waals surface area contributed by atoms with E-state index in [9.17, 15) is 14.4 Å². The summed E-state index contributed by atoms with van der Waals surface area (Å²) in [6, 6.07) is 3.42. The fourth-order valence-electron chi connectivity index (χ4n) is 1.26. The molecule has 1 aromatic carbocycles. The fraction of sp³-hybridized carbons (Fsp3) is 0.250. The molecule has 7 nitrogen and oxygen atoms in total. The number of halogens is 1. The van der Waals surface area contributed by atoms with Crippen LogP contribution in [0.15, 0.2) is 18.2 Å². The molecule has 0 fully saturated rings. The molecule has 0 heterocycles. The minimum absolute atomic E-state index is 0.0136. The molecule has 0 atom stereocenters. The molecular weight excluding hydrogens is 286 g/mol. The Morgan fingerprint density at radius 1 is 1.30 bits per heavy atom. The quantitative estimate of drug-likeness (QED) is 0.779. The molecule has 3 amide bonds. The molecule has 0 bridgehead atoms. The molecule has 20 heavy (non-hydrogen) atoms. The van der Waals surface area contributed by atoms with Crippen molar-refractivity contribution < 1.29 is 19.5 Å². The van der Waals surface area contributed by atoms with Crippen molar-refractivity contribution in [3.05, 3.63) is 28.8 Å². The SMILES string of the molecule is CN(C)C(=O)CNC(=O)Nc1ccc(C(=O)O)c(Cl)c1. The zero-order valence-electron chi connectivity index (χ0n) is 10.9. The Morgan fingerprint density at radius 3 is 2.45 bits per heavy atom. The van der Waals surface area contributed by atoms with Crippen molar-refractivity contribution in [2.24, 2.45) is 0 Å². The van der Waals surface area contributed by atoms with Gasteiger partial charge in [0.05, 0.1) is 17.1 Å². The van der Waals surface area contributed by atoms with E-state index in [0.29, 0.717) is 5.69 Å². The Morgan fingerprint density at radius 2 is 1.95 bits per heavy atom. The van der Waals surface area contributed by atoms with Crippen LogP contribution in [0.1, 0.15) is 10.4 Å². The van der Waals surface area contributed by atoms with Gasteiger partial charge < -0.3 is 20.6 Å². The molecule has 0 saturated heterocycles. The van der Waals surface area contributed by atoms with E-state index in [1.165, 1.54) is 23.1 Å². The van der Waals surface area contributed by atoms with Gasteiger partial charge in [-0.3, -0.25) is 4.79 Å². The Kier molecular flexibility index (Phi) is 5.33. The van der Waals surface area contributed by atoms with Gasteiger partial charge in [-0.2, -0.15) is 0 Å². The highest BCUT2D eigenvalue weighted by Gasteiger charge is 2.11. The number of nitrogens with one attached hydrogen (secondary N) is 2. The largest absolute Gasteiger partial charge is 0.478 e. The predicted molar refractivity (Wildman–Crippen MR) is 74.1 cm³/mol. The van der Waals surface area contributed by atoms with Gasteiger partial charge in [-0.15, -0.1) is 0 Å². The number of urea groups is 1. The zero-order chi connectivity index (χ0) is 15.3. The van der Waals surface area contributed by atoms with Gasteiger partial charge in [0.2, 0.25) is 5.91 Å². The van der Waals surface area contributed by atoms with Gasteiger partial charge in [0.1, 0.15) is 0 Å². The summed E-state index contributed by atoms with van der Waals surface area (Å²) in [5.41, 5.74) is 0.273. The van der Waals surface area contributed by atoms with Gasteiger partial charge >= 0.3 is 12.0 Å². The van der Waals surface area contributed by atoms with E-state index >= 15 is 0 Å². The Bertz CT molecular complexity index is 546. The monoisotopic (exact) mass is 299 g/mol. The number of rotatable bonds is 4. The number of likely N-dealkylation sites (N-methyl/N-ethyl adjacent to an activating group) is 1. The van der Waals surface area contributed by atoms with Gasteiger partial charge in [-0.25, -0.2) is 9.59 Å². The zero-order valence-corrected chi connectivity index (χ0v) is 11.7. The molecule has 0 unspecified atom stereocenters. The van der Waals surface area contributed by atoms with Crippen LogP contribution in [0.3, 0.4) is 0 Å². The molecule has 0 aliphatic rings. The second kappa shape index (κ2) is 6.76. The number of hydrogen-bond acceptors (Lipinski definition) is 3. The molecule has 0 radical (unpaired) electrons. The number of nitrogens with zero attached hydrogens (tertiary/aromatic N) is 1. The van der Waals surface area contributed by atoms with Crippen molar-refractivity contribution in [3.63, 3.8) is 0 Å². The van der Waals surface area contributed by atoms with Crippen LogP contribution < -0.4 is 10.6 Å². The lowest BCUT2D eigenvalue weighted by atomic mass is 10.2. The maximum absolute atomic E-state index is 11.5. The standard InChI is InChI=1S/C12H14ClN3O4/c1-16(2)10(17)6-14-12(20)15-7-3-4-8(11(18)19)9(13)5-7/h3-5H,6H2,1-2H3,(H,18,19)(H2,14,15,20). The molecule has 8 heteroatoms. The first-order valence-electron chi connectivity index (χ1n) is 5.59. The number of amides is 3. The highest BCUT2D eigenvalue weighted by Crippen LogP contribution is 2.20. The predicted octanol–water partition coefficient (Wildman–Crippen LogP) is 1.25. The van der Waals surface area contributed by atoms with E-state index in [1.54, 1.807) is 14.1 Å². The molecule has 3 N–H and O–H groups in total. The summed E-state index contributed by atoms with van der Waals surface area (Å²) in [4.78, 5) is 34.9. The second-order valence-electron chi connectivity index (χ2n) is 4.10. The van der Waals surface area contributed by atoms with Gasteiger partial charge in [0.15, 0.2) is 0 Å². The maximum atomic E-state index is 11.5. The van der Waals surface area contributed by atoms with Crippen molar-refractivity contribution in [2.45, 2.75) is 0 Å². The third-order valence-electron chi connectivity index (χ3n) is 2.36. The number of anilines is 1. The lowest BCUT2D eigenvalue weighted by Gasteiger charge is -2.12. The Balaban J connectivity index is 2.61. The topological polar surface area (TPSA) is 98.7 Å². The van der Waals surface area contributed by atoms with Crippen LogP contribution in [0, 0.1) is 0 Å². The fourth-order valence-corrected chi connectivity index (χ4v) is 1.52. The van der Waals surface area contributed by atoms with Gasteiger partial charge in [-0.1, -0.05) is 11.6 Å². The highest BCUT2D eigenvalue weighted by atomic mass is 35.5. The number of carboxylic acid groups (broad SMARTS) is 1. The maximum Gasteiger partial charge on any atom is 0.337 e. The lowest BCUT2D eigenvalue weighted by Crippen LogP contribution is -2.38. The summed E-state index contributed by atoms with van der Waals surface area (Å²) >= 11 is 5.76. The minimum Gasteiger partial charge on any atom is -0.478 e. The Labute approximate surface area is 120 Å². The molecule has 0 aliphatic heterocycles. The van der Waals surface area contributed by atoms with Crippen LogP contribution in [-0.4, -0.2) is 48.6 Å². The van der Waals surface area contributed by atoms with Crippen LogP contribution in [0.2, 0.25) is 5.02 Å². The number of carbonyl (C=O) groups is 3. The first kappa shape index (κ1) is 15.8. The smallest absolute Gasteiger partial charge is 0.337 e. The minimum atomic E-state index is -1.15. The van der Waals surface area contributed by atoms with E-state index in [0.717, 1.165) is 0 Å². The summed E-state index contributed by atoms with van der Waals surface area (Å²) in [5.74, 6) is -1.40. The molecule has 0 aliphatic carbocycles. The van der Waals surface area contributed by atoms with Gasteiger partial charge in [0, 0.05) is 19.8 Å². The van der Waals surface area contributed by atoms with E-state index in [2.05, 4.69) is 10.6 Å². The molecule has 1 aromatic rings. The number of hydrogen-bond donors (Lipinski definition) is 3. The number of benzene rings is 1. The van der Waals surface area contributed by atoms with Crippen LogP contribution in [0.4, 0.5) is 10.5 Å². The molecule has 108 valence electrons. The van der Waals surface area contributed by atoms with Crippen LogP contribution >= 0.6 is 11.6 Å². The van der Waals surface area contributed by atoms with Crippen molar-refractivity contribution in [3.8, 4) is 0 Å². The van der Waals surface area contributed by atoms with Crippen molar-refractivity contribution in [1.29, 1.82) is 0 Å². The van der Waals surface area contributed by atoms with Crippen molar-refractivity contribution in [2.75, 3.05) is 26.0 Å². The van der Waals surface area contributed by atoms with Crippen LogP contribution in [-0.2, 0) is 4.79 Å². The summed E-state index contributed by atoms with van der Waals surface area (Å²) in [5, 5.41) is 13.6. The van der Waals surface area contributed by atoms with E-state index in [4.69, 9.17) is 16.7 Å². The number of carboxylic acids is 1.